The average molecular weight is 225 g/mol. The number of ether oxygens (including phenoxy) is 1. The van der Waals surface area contributed by atoms with Gasteiger partial charge in [-0.25, -0.2) is 10.8 Å². The molecule has 0 fully saturated rings. The van der Waals surface area contributed by atoms with Gasteiger partial charge in [-0.15, -0.1) is 0 Å². The number of hydrogen-bond acceptors (Lipinski definition) is 6. The Labute approximate surface area is 95.6 Å². The Hall–Kier alpha value is -1.40. The highest BCUT2D eigenvalue weighted by atomic mass is 16.5. The van der Waals surface area contributed by atoms with Crippen molar-refractivity contribution in [2.45, 2.75) is 19.8 Å². The molecule has 4 N–H and O–H groups in total. The summed E-state index contributed by atoms with van der Waals surface area (Å²) >= 11 is 0. The smallest absolute Gasteiger partial charge is 0.160 e. The van der Waals surface area contributed by atoms with E-state index in [1.54, 1.807) is 12.4 Å². The van der Waals surface area contributed by atoms with Crippen LogP contribution < -0.4 is 16.6 Å². The number of hydrazine groups is 1. The van der Waals surface area contributed by atoms with Crippen LogP contribution in [0, 0.1) is 0 Å². The van der Waals surface area contributed by atoms with E-state index in [-0.39, 0.29) is 0 Å². The van der Waals surface area contributed by atoms with Gasteiger partial charge in [0.05, 0.1) is 12.4 Å². The molecule has 1 aromatic rings. The van der Waals surface area contributed by atoms with E-state index in [0.717, 1.165) is 32.6 Å². The zero-order chi connectivity index (χ0) is 11.6. The first-order valence-corrected chi connectivity index (χ1v) is 5.47. The van der Waals surface area contributed by atoms with Crippen LogP contribution in [-0.2, 0) is 4.74 Å². The second-order valence-corrected chi connectivity index (χ2v) is 3.33. The molecule has 6 heteroatoms. The maximum Gasteiger partial charge on any atom is 0.160 e. The van der Waals surface area contributed by atoms with Gasteiger partial charge in [-0.2, -0.15) is 0 Å². The molecular formula is C10H19N5O. The second kappa shape index (κ2) is 7.84. The molecule has 0 atom stereocenters. The molecule has 0 amide bonds. The molecule has 1 heterocycles. The van der Waals surface area contributed by atoms with Crippen molar-refractivity contribution >= 4 is 11.6 Å². The topological polar surface area (TPSA) is 85.1 Å². The molecule has 0 spiro atoms. The third kappa shape index (κ3) is 4.90. The highest BCUT2D eigenvalue weighted by Gasteiger charge is 1.96. The van der Waals surface area contributed by atoms with E-state index < -0.39 is 0 Å². The first kappa shape index (κ1) is 12.7. The number of hydrogen-bond donors (Lipinski definition) is 3. The van der Waals surface area contributed by atoms with E-state index in [0.29, 0.717) is 11.6 Å². The molecule has 1 rings (SSSR count). The van der Waals surface area contributed by atoms with Gasteiger partial charge < -0.3 is 15.5 Å². The molecule has 6 nitrogen and oxygen atoms in total. The van der Waals surface area contributed by atoms with Gasteiger partial charge in [-0.1, -0.05) is 6.92 Å². The maximum atomic E-state index is 5.36. The summed E-state index contributed by atoms with van der Waals surface area (Å²) in [5, 5.41) is 3.15. The van der Waals surface area contributed by atoms with Crippen molar-refractivity contribution in [3.05, 3.63) is 12.4 Å². The van der Waals surface area contributed by atoms with E-state index >= 15 is 0 Å². The molecule has 90 valence electrons. The van der Waals surface area contributed by atoms with Gasteiger partial charge in [0.25, 0.3) is 0 Å². The van der Waals surface area contributed by atoms with Crippen LogP contribution in [0.1, 0.15) is 19.8 Å². The third-order valence-electron chi connectivity index (χ3n) is 1.90. The molecule has 16 heavy (non-hydrogen) atoms. The van der Waals surface area contributed by atoms with E-state index in [1.165, 1.54) is 0 Å². The summed E-state index contributed by atoms with van der Waals surface area (Å²) in [7, 11) is 0. The molecule has 0 radical (unpaired) electrons. The number of rotatable bonds is 8. The van der Waals surface area contributed by atoms with Gasteiger partial charge in [0.15, 0.2) is 5.82 Å². The van der Waals surface area contributed by atoms with Crippen LogP contribution in [0.5, 0.6) is 0 Å². The molecule has 0 aromatic carbocycles. The fourth-order valence-electron chi connectivity index (χ4n) is 1.16. The predicted octanol–water partition coefficient (Wildman–Crippen LogP) is 0.991. The summed E-state index contributed by atoms with van der Waals surface area (Å²) in [6.45, 7) is 4.50. The van der Waals surface area contributed by atoms with Crippen LogP contribution in [-0.4, -0.2) is 29.7 Å². The average Bonchev–Trinajstić information content (AvgIpc) is 2.34. The largest absolute Gasteiger partial charge is 0.381 e. The quantitative estimate of drug-likeness (QED) is 0.347. The van der Waals surface area contributed by atoms with Gasteiger partial charge >= 0.3 is 0 Å². The Morgan fingerprint density at radius 1 is 1.31 bits per heavy atom. The van der Waals surface area contributed by atoms with Crippen LogP contribution in [0.4, 0.5) is 11.6 Å². The summed E-state index contributed by atoms with van der Waals surface area (Å²) in [6.07, 6.45) is 5.23. The van der Waals surface area contributed by atoms with Crippen LogP contribution >= 0.6 is 0 Å². The number of nitrogens with one attached hydrogen (secondary N) is 2. The fourth-order valence-corrected chi connectivity index (χ4v) is 1.16. The summed E-state index contributed by atoms with van der Waals surface area (Å²) in [5.74, 6) is 6.49. The predicted molar refractivity (Wildman–Crippen MR) is 64.1 cm³/mol. The van der Waals surface area contributed by atoms with Crippen molar-refractivity contribution in [1.29, 1.82) is 0 Å². The van der Waals surface area contributed by atoms with Crippen molar-refractivity contribution in [1.82, 2.24) is 9.97 Å². The van der Waals surface area contributed by atoms with E-state index in [9.17, 15) is 0 Å². The lowest BCUT2D eigenvalue weighted by Crippen LogP contribution is -2.11. The number of nitrogen functional groups attached to an aromatic ring is 1. The summed E-state index contributed by atoms with van der Waals surface area (Å²) in [6, 6.07) is 0. The summed E-state index contributed by atoms with van der Waals surface area (Å²) in [4.78, 5) is 8.16. The highest BCUT2D eigenvalue weighted by Crippen LogP contribution is 2.04. The first-order valence-electron chi connectivity index (χ1n) is 5.47. The summed E-state index contributed by atoms with van der Waals surface area (Å²) < 4.78 is 5.36. The SMILES string of the molecule is CCCOCCCNc1cncc(NN)n1. The van der Waals surface area contributed by atoms with Crippen molar-refractivity contribution < 1.29 is 4.74 Å². The summed E-state index contributed by atoms with van der Waals surface area (Å²) in [5.41, 5.74) is 2.45. The number of anilines is 2. The first-order chi connectivity index (χ1) is 7.86. The Bertz CT molecular complexity index is 294. The number of nitrogens with zero attached hydrogens (tertiary/aromatic N) is 2. The number of aromatic nitrogens is 2. The monoisotopic (exact) mass is 225 g/mol. The molecule has 0 bridgehead atoms. The zero-order valence-electron chi connectivity index (χ0n) is 9.57. The fraction of sp³-hybridized carbons (Fsp3) is 0.600. The normalized spacial score (nSPS) is 10.1. The lowest BCUT2D eigenvalue weighted by molar-refractivity contribution is 0.134. The molecule has 0 unspecified atom stereocenters. The van der Waals surface area contributed by atoms with Crippen molar-refractivity contribution in [3.63, 3.8) is 0 Å². The van der Waals surface area contributed by atoms with Crippen molar-refractivity contribution in [2.75, 3.05) is 30.5 Å². The molecule has 1 aromatic heterocycles. The van der Waals surface area contributed by atoms with E-state index in [2.05, 4.69) is 27.6 Å². The minimum Gasteiger partial charge on any atom is -0.381 e. The van der Waals surface area contributed by atoms with Crippen LogP contribution in [0.3, 0.4) is 0 Å². The third-order valence-corrected chi connectivity index (χ3v) is 1.90. The number of nitrogens with two attached hydrogens (primary N) is 1. The minimum absolute atomic E-state index is 0.548. The van der Waals surface area contributed by atoms with Gasteiger partial charge in [-0.3, -0.25) is 4.98 Å². The van der Waals surface area contributed by atoms with Crippen LogP contribution in [0.2, 0.25) is 0 Å². The van der Waals surface area contributed by atoms with Crippen molar-refractivity contribution in [2.24, 2.45) is 5.84 Å². The van der Waals surface area contributed by atoms with Gasteiger partial charge in [-0.05, 0) is 12.8 Å². The van der Waals surface area contributed by atoms with Gasteiger partial charge in [0, 0.05) is 19.8 Å². The molecule has 0 aliphatic heterocycles. The lowest BCUT2D eigenvalue weighted by Gasteiger charge is -2.06. The maximum absolute atomic E-state index is 5.36. The highest BCUT2D eigenvalue weighted by molar-refractivity contribution is 5.40. The van der Waals surface area contributed by atoms with E-state index in [4.69, 9.17) is 10.6 Å². The Kier molecular flexibility index (Phi) is 6.20. The van der Waals surface area contributed by atoms with Crippen molar-refractivity contribution in [3.8, 4) is 0 Å². The standard InChI is InChI=1S/C10H19N5O/c1-2-5-16-6-3-4-13-9-7-12-8-10(14-9)15-11/h7-8H,2-6,11H2,1H3,(H2,13,14,15). The molecular weight excluding hydrogens is 206 g/mol. The lowest BCUT2D eigenvalue weighted by atomic mass is 10.4. The molecule has 0 saturated heterocycles. The Morgan fingerprint density at radius 2 is 2.12 bits per heavy atom. The Morgan fingerprint density at radius 3 is 2.88 bits per heavy atom. The van der Waals surface area contributed by atoms with Crippen LogP contribution in [0.15, 0.2) is 12.4 Å². The molecule has 0 aliphatic carbocycles. The van der Waals surface area contributed by atoms with Crippen LogP contribution in [0.25, 0.3) is 0 Å². The van der Waals surface area contributed by atoms with Gasteiger partial charge in [0.2, 0.25) is 0 Å². The van der Waals surface area contributed by atoms with E-state index in [1.807, 2.05) is 0 Å². The molecule has 0 aliphatic rings. The molecule has 0 saturated carbocycles. The van der Waals surface area contributed by atoms with Gasteiger partial charge in [0.1, 0.15) is 5.82 Å². The Balaban J connectivity index is 2.16. The minimum atomic E-state index is 0.548. The second-order valence-electron chi connectivity index (χ2n) is 3.33. The zero-order valence-corrected chi connectivity index (χ0v) is 9.57.